The summed E-state index contributed by atoms with van der Waals surface area (Å²) in [5.74, 6) is 3.92. The van der Waals surface area contributed by atoms with Crippen molar-refractivity contribution in [1.82, 2.24) is 4.90 Å². The Morgan fingerprint density at radius 2 is 1.41 bits per heavy atom. The molecule has 4 nitrogen and oxygen atoms in total. The van der Waals surface area contributed by atoms with Crippen LogP contribution in [0.4, 0.5) is 0 Å². The fourth-order valence-corrected chi connectivity index (χ4v) is 6.81. The normalized spacial score (nSPS) is 17.1. The number of nitrogens with zero attached hydrogens (tertiary/aromatic N) is 3. The average Bonchev–Trinajstić information content (AvgIpc) is 3.05. The van der Waals surface area contributed by atoms with E-state index in [9.17, 15) is 4.57 Å². The first-order valence-electron chi connectivity index (χ1n) is 11.5. The third-order valence-corrected chi connectivity index (χ3v) is 8.67. The molecule has 0 spiro atoms. The molecule has 0 radical (unpaired) electrons. The highest BCUT2D eigenvalue weighted by Crippen LogP contribution is 2.56. The number of allylic oxidation sites excluding steroid dienone is 2. The van der Waals surface area contributed by atoms with Gasteiger partial charge in [0.05, 0.1) is 15.1 Å². The molecule has 5 rings (SSSR count). The van der Waals surface area contributed by atoms with Crippen molar-refractivity contribution in [1.29, 1.82) is 0 Å². The molecule has 0 saturated carbocycles. The SMILES string of the molecule is O=P(/C=C(\Cl)c1ccccc1)(/C=C(\Cl)c1ccccc1)/N=C1\N=C2C=CC(Cl)=CN2Cc2ccccc21. The van der Waals surface area contributed by atoms with Crippen LogP contribution in [0.15, 0.2) is 130 Å². The molecule has 0 unspecified atom stereocenters. The fraction of sp³-hybridized carbons (Fsp3) is 0.0345. The first kappa shape index (κ1) is 25.5. The number of hydrogen-bond acceptors (Lipinski definition) is 2. The van der Waals surface area contributed by atoms with E-state index >= 15 is 0 Å². The van der Waals surface area contributed by atoms with Gasteiger partial charge in [-0.05, 0) is 28.8 Å². The predicted molar refractivity (Wildman–Crippen MR) is 157 cm³/mol. The molecule has 0 atom stereocenters. The van der Waals surface area contributed by atoms with Gasteiger partial charge in [-0.2, -0.15) is 4.76 Å². The molecule has 2 heterocycles. The zero-order valence-corrected chi connectivity index (χ0v) is 22.7. The number of amidine groups is 2. The molecule has 0 N–H and O–H groups in total. The Kier molecular flexibility index (Phi) is 7.64. The van der Waals surface area contributed by atoms with Crippen LogP contribution in [-0.4, -0.2) is 16.6 Å². The van der Waals surface area contributed by atoms with Gasteiger partial charge in [0.15, 0.2) is 5.84 Å². The molecule has 3 aromatic rings. The Hall–Kier alpha value is -3.14. The van der Waals surface area contributed by atoms with E-state index in [-0.39, 0.29) is 0 Å². The predicted octanol–water partition coefficient (Wildman–Crippen LogP) is 9.05. The number of fused-ring (bicyclic) bond motifs is 2. The minimum absolute atomic E-state index is 0.311. The number of rotatable bonds is 5. The molecule has 2 aliphatic heterocycles. The van der Waals surface area contributed by atoms with Gasteiger partial charge >= 0.3 is 0 Å². The van der Waals surface area contributed by atoms with E-state index in [1.807, 2.05) is 102 Å². The van der Waals surface area contributed by atoms with Crippen molar-refractivity contribution in [2.75, 3.05) is 0 Å². The number of aliphatic imine (C=N–C) groups is 1. The molecule has 0 bridgehead atoms. The number of hydrogen-bond donors (Lipinski definition) is 0. The lowest BCUT2D eigenvalue weighted by Crippen LogP contribution is -2.24. The van der Waals surface area contributed by atoms with Crippen LogP contribution in [0.5, 0.6) is 0 Å². The Bertz CT molecular complexity index is 1500. The van der Waals surface area contributed by atoms with Crippen molar-refractivity contribution in [2.45, 2.75) is 6.54 Å². The van der Waals surface area contributed by atoms with Crippen LogP contribution < -0.4 is 0 Å². The van der Waals surface area contributed by atoms with E-state index in [0.29, 0.717) is 33.3 Å². The quantitative estimate of drug-likeness (QED) is 0.290. The van der Waals surface area contributed by atoms with Crippen LogP contribution >= 0.6 is 42.1 Å². The molecule has 0 aliphatic carbocycles. The lowest BCUT2D eigenvalue weighted by Gasteiger charge is -2.21. The third-order valence-electron chi connectivity index (χ3n) is 5.73. The Morgan fingerprint density at radius 1 is 0.838 bits per heavy atom. The second-order valence-electron chi connectivity index (χ2n) is 8.38. The first-order chi connectivity index (χ1) is 17.9. The van der Waals surface area contributed by atoms with E-state index in [2.05, 4.69) is 0 Å². The summed E-state index contributed by atoms with van der Waals surface area (Å²) < 4.78 is 19.3. The van der Waals surface area contributed by atoms with Crippen molar-refractivity contribution < 1.29 is 4.57 Å². The second-order valence-corrected chi connectivity index (χ2v) is 11.7. The summed E-state index contributed by atoms with van der Waals surface area (Å²) in [5, 5.41) is 1.22. The van der Waals surface area contributed by atoms with E-state index in [4.69, 9.17) is 44.6 Å². The highest BCUT2D eigenvalue weighted by atomic mass is 35.5. The van der Waals surface area contributed by atoms with E-state index in [1.54, 1.807) is 6.08 Å². The Balaban J connectivity index is 1.70. The summed E-state index contributed by atoms with van der Waals surface area (Å²) in [5.41, 5.74) is 3.19. The molecule has 37 heavy (non-hydrogen) atoms. The van der Waals surface area contributed by atoms with E-state index < -0.39 is 7.29 Å². The maximum absolute atomic E-state index is 14.5. The fourth-order valence-electron chi connectivity index (χ4n) is 3.95. The summed E-state index contributed by atoms with van der Waals surface area (Å²) in [6.07, 6.45) is 5.40. The van der Waals surface area contributed by atoms with Crippen LogP contribution in [-0.2, 0) is 11.1 Å². The van der Waals surface area contributed by atoms with Crippen molar-refractivity contribution in [3.05, 3.63) is 142 Å². The van der Waals surface area contributed by atoms with Gasteiger partial charge < -0.3 is 4.90 Å². The Labute approximate surface area is 231 Å². The van der Waals surface area contributed by atoms with Crippen LogP contribution in [0, 0.1) is 0 Å². The highest BCUT2D eigenvalue weighted by Gasteiger charge is 2.25. The minimum atomic E-state index is -3.66. The zero-order chi connectivity index (χ0) is 25.8. The molecule has 184 valence electrons. The smallest absolute Gasteiger partial charge is 0.238 e. The van der Waals surface area contributed by atoms with E-state index in [1.165, 1.54) is 11.6 Å². The average molecular weight is 565 g/mol. The highest BCUT2D eigenvalue weighted by molar-refractivity contribution is 7.69. The largest absolute Gasteiger partial charge is 0.327 e. The topological polar surface area (TPSA) is 45.0 Å². The zero-order valence-electron chi connectivity index (χ0n) is 19.5. The van der Waals surface area contributed by atoms with Crippen LogP contribution in [0.2, 0.25) is 0 Å². The van der Waals surface area contributed by atoms with Crippen LogP contribution in [0.3, 0.4) is 0 Å². The van der Waals surface area contributed by atoms with Gasteiger partial charge in [0, 0.05) is 29.9 Å². The maximum Gasteiger partial charge on any atom is 0.238 e. The van der Waals surface area contributed by atoms with Gasteiger partial charge in [-0.1, -0.05) is 120 Å². The molecule has 0 aromatic heterocycles. The van der Waals surface area contributed by atoms with Gasteiger partial charge in [-0.15, -0.1) is 0 Å². The molecular formula is C29H21Cl3N3OP. The summed E-state index contributed by atoms with van der Waals surface area (Å²) in [7, 11) is -3.66. The summed E-state index contributed by atoms with van der Waals surface area (Å²) in [6, 6.07) is 26.4. The summed E-state index contributed by atoms with van der Waals surface area (Å²) in [6.45, 7) is 0.542. The van der Waals surface area contributed by atoms with Crippen LogP contribution in [0.25, 0.3) is 10.1 Å². The van der Waals surface area contributed by atoms with Gasteiger partial charge in [0.25, 0.3) is 0 Å². The minimum Gasteiger partial charge on any atom is -0.327 e. The molecule has 0 fully saturated rings. The van der Waals surface area contributed by atoms with Gasteiger partial charge in [-0.25, -0.2) is 4.99 Å². The number of benzene rings is 3. The molecule has 2 aliphatic rings. The van der Waals surface area contributed by atoms with Crippen molar-refractivity contribution >= 4 is 63.8 Å². The van der Waals surface area contributed by atoms with Gasteiger partial charge in [0.1, 0.15) is 5.84 Å². The first-order valence-corrected chi connectivity index (χ1v) is 14.4. The summed E-state index contributed by atoms with van der Waals surface area (Å²) >= 11 is 19.6. The van der Waals surface area contributed by atoms with Crippen LogP contribution in [0.1, 0.15) is 22.3 Å². The van der Waals surface area contributed by atoms with Crippen molar-refractivity contribution in [3.63, 3.8) is 0 Å². The van der Waals surface area contributed by atoms with Crippen molar-refractivity contribution in [3.8, 4) is 0 Å². The van der Waals surface area contributed by atoms with E-state index in [0.717, 1.165) is 22.3 Å². The standard InChI is InChI=1S/C29H21Cl3N3OP/c30-24-15-16-28-33-29(25-14-8-7-13-23(25)17-35(28)18-24)34-37(36,19-26(31)21-9-3-1-4-10-21)20-27(32)22-11-5-2-6-12-22/h1-16,18-20H,17H2/b26-19-,27-20-,34-29-. The van der Waals surface area contributed by atoms with Crippen molar-refractivity contribution in [2.24, 2.45) is 9.76 Å². The van der Waals surface area contributed by atoms with Gasteiger partial charge in [0.2, 0.25) is 7.29 Å². The molecule has 0 saturated heterocycles. The molecule has 8 heteroatoms. The lowest BCUT2D eigenvalue weighted by atomic mass is 10.1. The monoisotopic (exact) mass is 563 g/mol. The summed E-state index contributed by atoms with van der Waals surface area (Å²) in [4.78, 5) is 6.74. The van der Waals surface area contributed by atoms with Gasteiger partial charge in [-0.3, -0.25) is 4.57 Å². The molecular weight excluding hydrogens is 544 g/mol. The molecule has 0 amide bonds. The number of halogens is 3. The lowest BCUT2D eigenvalue weighted by molar-refractivity contribution is 0.554. The Morgan fingerprint density at radius 3 is 2.03 bits per heavy atom. The molecule has 3 aromatic carbocycles. The second kappa shape index (κ2) is 11.1. The third kappa shape index (κ3) is 6.06. The maximum atomic E-state index is 14.5.